The van der Waals surface area contributed by atoms with Crippen molar-refractivity contribution in [3.05, 3.63) is 34.9 Å². The predicted molar refractivity (Wildman–Crippen MR) is 65.4 cm³/mol. The van der Waals surface area contributed by atoms with Crippen LogP contribution in [0.3, 0.4) is 0 Å². The Balaban J connectivity index is 2.61. The lowest BCUT2D eigenvalue weighted by Gasteiger charge is -2.15. The van der Waals surface area contributed by atoms with E-state index in [-0.39, 0.29) is 12.5 Å². The second-order valence-electron chi connectivity index (χ2n) is 3.90. The van der Waals surface area contributed by atoms with Crippen molar-refractivity contribution in [3.63, 3.8) is 0 Å². The molecule has 1 nitrogen and oxygen atoms in total. The van der Waals surface area contributed by atoms with Crippen molar-refractivity contribution in [1.29, 1.82) is 0 Å². The molecule has 1 aromatic rings. The van der Waals surface area contributed by atoms with Gasteiger partial charge in [0.15, 0.2) is 0 Å². The highest BCUT2D eigenvalue weighted by molar-refractivity contribution is 6.31. The number of unbranched alkanes of at least 4 members (excludes halogenated alkanes) is 2. The minimum absolute atomic E-state index is 0.188. The lowest BCUT2D eigenvalue weighted by atomic mass is 9.94. The van der Waals surface area contributed by atoms with Gasteiger partial charge in [-0.1, -0.05) is 56.0 Å². The molecule has 15 heavy (non-hydrogen) atoms. The largest absolute Gasteiger partial charge is 0.396 e. The quantitative estimate of drug-likeness (QED) is 0.728. The first-order valence-corrected chi connectivity index (χ1v) is 6.02. The van der Waals surface area contributed by atoms with E-state index in [0.717, 1.165) is 23.4 Å². The molecule has 0 saturated heterocycles. The molecule has 1 N–H and O–H groups in total. The van der Waals surface area contributed by atoms with Crippen molar-refractivity contribution < 1.29 is 5.11 Å². The number of halogens is 1. The monoisotopic (exact) mass is 226 g/mol. The number of aliphatic hydroxyl groups excluding tert-OH is 1. The standard InChI is InChI=1S/C13H19ClO/c1-2-3-4-7-11(10-15)12-8-5-6-9-13(12)14/h5-6,8-9,11,15H,2-4,7,10H2,1H3. The minimum atomic E-state index is 0.188. The van der Waals surface area contributed by atoms with E-state index >= 15 is 0 Å². The summed E-state index contributed by atoms with van der Waals surface area (Å²) in [6, 6.07) is 7.80. The molecule has 0 aliphatic heterocycles. The van der Waals surface area contributed by atoms with Gasteiger partial charge in [0, 0.05) is 17.5 Å². The van der Waals surface area contributed by atoms with Crippen molar-refractivity contribution in [1.82, 2.24) is 0 Å². The molecule has 1 aromatic carbocycles. The smallest absolute Gasteiger partial charge is 0.0500 e. The van der Waals surface area contributed by atoms with E-state index in [1.54, 1.807) is 0 Å². The first kappa shape index (κ1) is 12.5. The molecule has 0 aliphatic carbocycles. The molecule has 84 valence electrons. The van der Waals surface area contributed by atoms with Crippen molar-refractivity contribution in [2.75, 3.05) is 6.61 Å². The van der Waals surface area contributed by atoms with Crippen LogP contribution >= 0.6 is 11.6 Å². The molecule has 0 aromatic heterocycles. The van der Waals surface area contributed by atoms with E-state index in [1.807, 2.05) is 24.3 Å². The first-order valence-electron chi connectivity index (χ1n) is 5.64. The van der Waals surface area contributed by atoms with Crippen LogP contribution in [0.5, 0.6) is 0 Å². The van der Waals surface area contributed by atoms with Gasteiger partial charge in [-0.15, -0.1) is 0 Å². The lowest BCUT2D eigenvalue weighted by Crippen LogP contribution is -2.04. The Labute approximate surface area is 97.1 Å². The van der Waals surface area contributed by atoms with Crippen molar-refractivity contribution in [3.8, 4) is 0 Å². The highest BCUT2D eigenvalue weighted by Gasteiger charge is 2.12. The maximum absolute atomic E-state index is 9.34. The summed E-state index contributed by atoms with van der Waals surface area (Å²) in [5.41, 5.74) is 1.08. The van der Waals surface area contributed by atoms with Gasteiger partial charge in [0.1, 0.15) is 0 Å². The Hall–Kier alpha value is -0.530. The predicted octanol–water partition coefficient (Wildman–Crippen LogP) is 4.00. The van der Waals surface area contributed by atoms with Crippen LogP contribution in [0.1, 0.15) is 44.1 Å². The second-order valence-corrected chi connectivity index (χ2v) is 4.30. The third-order valence-electron chi connectivity index (χ3n) is 2.72. The lowest BCUT2D eigenvalue weighted by molar-refractivity contribution is 0.256. The molecule has 1 unspecified atom stereocenters. The summed E-state index contributed by atoms with van der Waals surface area (Å²) in [7, 11) is 0. The molecule has 1 rings (SSSR count). The van der Waals surface area contributed by atoms with Gasteiger partial charge in [-0.2, -0.15) is 0 Å². The van der Waals surface area contributed by atoms with Gasteiger partial charge in [0.25, 0.3) is 0 Å². The van der Waals surface area contributed by atoms with E-state index < -0.39 is 0 Å². The average molecular weight is 227 g/mol. The average Bonchev–Trinajstić information content (AvgIpc) is 2.26. The summed E-state index contributed by atoms with van der Waals surface area (Å²) >= 11 is 6.10. The van der Waals surface area contributed by atoms with Crippen LogP contribution in [0.15, 0.2) is 24.3 Å². The van der Waals surface area contributed by atoms with Gasteiger partial charge in [-0.25, -0.2) is 0 Å². The number of hydrogen-bond acceptors (Lipinski definition) is 1. The number of rotatable bonds is 6. The van der Waals surface area contributed by atoms with Gasteiger partial charge in [0.05, 0.1) is 0 Å². The van der Waals surface area contributed by atoms with Crippen LogP contribution in [0.4, 0.5) is 0 Å². The molecule has 0 fully saturated rings. The third kappa shape index (κ3) is 3.84. The van der Waals surface area contributed by atoms with E-state index in [2.05, 4.69) is 6.92 Å². The highest BCUT2D eigenvalue weighted by Crippen LogP contribution is 2.28. The van der Waals surface area contributed by atoms with Gasteiger partial charge in [0.2, 0.25) is 0 Å². The summed E-state index contributed by atoms with van der Waals surface area (Å²) in [6.45, 7) is 2.37. The Kier molecular flexibility index (Phi) is 5.74. The SMILES string of the molecule is CCCCCC(CO)c1ccccc1Cl. The fraction of sp³-hybridized carbons (Fsp3) is 0.538. The molecule has 1 atom stereocenters. The van der Waals surface area contributed by atoms with E-state index in [9.17, 15) is 5.11 Å². The first-order chi connectivity index (χ1) is 7.29. The van der Waals surface area contributed by atoms with Crippen LogP contribution in [0.25, 0.3) is 0 Å². The summed E-state index contributed by atoms with van der Waals surface area (Å²) in [5.74, 6) is 0.199. The van der Waals surface area contributed by atoms with Crippen molar-refractivity contribution in [2.45, 2.75) is 38.5 Å². The maximum Gasteiger partial charge on any atom is 0.0500 e. The normalized spacial score (nSPS) is 12.7. The van der Waals surface area contributed by atoms with Crippen LogP contribution in [-0.4, -0.2) is 11.7 Å². The van der Waals surface area contributed by atoms with Crippen LogP contribution in [-0.2, 0) is 0 Å². The topological polar surface area (TPSA) is 20.2 Å². The Morgan fingerprint density at radius 1 is 1.27 bits per heavy atom. The van der Waals surface area contributed by atoms with Crippen LogP contribution in [0.2, 0.25) is 5.02 Å². The summed E-state index contributed by atoms with van der Waals surface area (Å²) < 4.78 is 0. The molecule has 0 aliphatic rings. The third-order valence-corrected chi connectivity index (χ3v) is 3.07. The number of aliphatic hydroxyl groups is 1. The molecular weight excluding hydrogens is 208 g/mol. The summed E-state index contributed by atoms with van der Waals surface area (Å²) in [6.07, 6.45) is 4.61. The van der Waals surface area contributed by atoms with Gasteiger partial charge in [-0.3, -0.25) is 0 Å². The van der Waals surface area contributed by atoms with Gasteiger partial charge >= 0.3 is 0 Å². The van der Waals surface area contributed by atoms with Crippen LogP contribution < -0.4 is 0 Å². The highest BCUT2D eigenvalue weighted by atomic mass is 35.5. The van der Waals surface area contributed by atoms with Gasteiger partial charge < -0.3 is 5.11 Å². The molecule has 0 bridgehead atoms. The Bertz CT molecular complexity index is 286. The number of hydrogen-bond donors (Lipinski definition) is 1. The zero-order valence-electron chi connectivity index (χ0n) is 9.25. The molecular formula is C13H19ClO. The minimum Gasteiger partial charge on any atom is -0.396 e. The Morgan fingerprint density at radius 3 is 2.60 bits per heavy atom. The zero-order chi connectivity index (χ0) is 11.1. The van der Waals surface area contributed by atoms with Gasteiger partial charge in [-0.05, 0) is 18.1 Å². The summed E-state index contributed by atoms with van der Waals surface area (Å²) in [5, 5.41) is 10.1. The fourth-order valence-corrected chi connectivity index (χ4v) is 2.08. The molecule has 0 spiro atoms. The van der Waals surface area contributed by atoms with Crippen molar-refractivity contribution >= 4 is 11.6 Å². The molecule has 0 radical (unpaired) electrons. The van der Waals surface area contributed by atoms with E-state index in [4.69, 9.17) is 11.6 Å². The Morgan fingerprint density at radius 2 is 2.00 bits per heavy atom. The molecule has 0 amide bonds. The maximum atomic E-state index is 9.34. The molecule has 0 saturated carbocycles. The second kappa shape index (κ2) is 6.86. The van der Waals surface area contributed by atoms with Crippen LogP contribution in [0, 0.1) is 0 Å². The molecule has 0 heterocycles. The molecule has 2 heteroatoms. The van der Waals surface area contributed by atoms with E-state index in [1.165, 1.54) is 12.8 Å². The summed E-state index contributed by atoms with van der Waals surface area (Å²) in [4.78, 5) is 0. The van der Waals surface area contributed by atoms with Crippen molar-refractivity contribution in [2.24, 2.45) is 0 Å². The fourth-order valence-electron chi connectivity index (χ4n) is 1.79. The zero-order valence-corrected chi connectivity index (χ0v) is 10.0. The van der Waals surface area contributed by atoms with E-state index in [0.29, 0.717) is 0 Å². The number of benzene rings is 1.